The van der Waals surface area contributed by atoms with Gasteiger partial charge in [-0.25, -0.2) is 9.37 Å². The van der Waals surface area contributed by atoms with Gasteiger partial charge in [0.25, 0.3) is 0 Å². The predicted octanol–water partition coefficient (Wildman–Crippen LogP) is 4.66. The zero-order valence-electron chi connectivity index (χ0n) is 11.3. The highest BCUT2D eigenvalue weighted by Gasteiger charge is 2.06. The summed E-state index contributed by atoms with van der Waals surface area (Å²) in [7, 11) is 0. The lowest BCUT2D eigenvalue weighted by Gasteiger charge is -1.97. The van der Waals surface area contributed by atoms with Gasteiger partial charge in [0.1, 0.15) is 5.82 Å². The van der Waals surface area contributed by atoms with Gasteiger partial charge >= 0.3 is 0 Å². The van der Waals surface area contributed by atoms with Gasteiger partial charge in [-0.2, -0.15) is 0 Å². The minimum Gasteiger partial charge on any atom is -0.298 e. The van der Waals surface area contributed by atoms with Crippen molar-refractivity contribution in [1.29, 1.82) is 0 Å². The first-order valence-corrected chi connectivity index (χ1v) is 8.15. The normalized spacial score (nSPS) is 11.0. The summed E-state index contributed by atoms with van der Waals surface area (Å²) in [5.41, 5.74) is 0.569. The Morgan fingerprint density at radius 2 is 2.09 bits per heavy atom. The zero-order valence-corrected chi connectivity index (χ0v) is 13.0. The van der Waals surface area contributed by atoms with Crippen molar-refractivity contribution >= 4 is 39.8 Å². The van der Waals surface area contributed by atoms with E-state index in [4.69, 9.17) is 0 Å². The third kappa shape index (κ3) is 3.47. The molecule has 0 fully saturated rings. The van der Waals surface area contributed by atoms with Gasteiger partial charge in [0.2, 0.25) is 5.91 Å². The molecule has 3 rings (SSSR count). The molecule has 0 atom stereocenters. The number of benzene rings is 1. The summed E-state index contributed by atoms with van der Waals surface area (Å²) in [6.07, 6.45) is 4.78. The minimum absolute atomic E-state index is 0.240. The van der Waals surface area contributed by atoms with E-state index in [1.165, 1.54) is 34.8 Å². The highest BCUT2D eigenvalue weighted by Crippen LogP contribution is 2.30. The van der Waals surface area contributed by atoms with Gasteiger partial charge < -0.3 is 0 Å². The maximum absolute atomic E-state index is 13.7. The standard InChI is InChI=1S/C16H11FN2OS2/c17-13-4-2-1-3-12(13)14-7-5-11(22-14)6-8-15(20)19-16-18-9-10-21-16/h1-10H,(H,18,19,20)/b8-6+. The molecule has 0 aliphatic heterocycles. The topological polar surface area (TPSA) is 42.0 Å². The molecule has 0 radical (unpaired) electrons. The second-order valence-corrected chi connectivity index (χ2v) is 6.35. The molecular weight excluding hydrogens is 319 g/mol. The number of amides is 1. The molecule has 2 aromatic heterocycles. The van der Waals surface area contributed by atoms with Crippen molar-refractivity contribution in [3.05, 3.63) is 64.7 Å². The van der Waals surface area contributed by atoms with Crippen LogP contribution in [-0.4, -0.2) is 10.9 Å². The van der Waals surface area contributed by atoms with Crippen molar-refractivity contribution in [3.63, 3.8) is 0 Å². The summed E-state index contributed by atoms with van der Waals surface area (Å²) >= 11 is 2.79. The number of aromatic nitrogens is 1. The van der Waals surface area contributed by atoms with Crippen LogP contribution < -0.4 is 5.32 Å². The van der Waals surface area contributed by atoms with E-state index in [9.17, 15) is 9.18 Å². The number of hydrogen-bond acceptors (Lipinski definition) is 4. The first-order chi connectivity index (χ1) is 10.7. The molecule has 0 bridgehead atoms. The summed E-state index contributed by atoms with van der Waals surface area (Å²) in [5.74, 6) is -0.489. The van der Waals surface area contributed by atoms with Crippen LogP contribution in [0.25, 0.3) is 16.5 Å². The molecule has 3 aromatic rings. The summed E-state index contributed by atoms with van der Waals surface area (Å²) < 4.78 is 13.7. The first-order valence-electron chi connectivity index (χ1n) is 6.46. The molecule has 1 N–H and O–H groups in total. The van der Waals surface area contributed by atoms with Gasteiger partial charge in [-0.1, -0.05) is 18.2 Å². The molecule has 1 aromatic carbocycles. The summed E-state index contributed by atoms with van der Waals surface area (Å²) in [6.45, 7) is 0. The molecule has 3 nitrogen and oxygen atoms in total. The molecule has 6 heteroatoms. The van der Waals surface area contributed by atoms with Crippen LogP contribution in [0.15, 0.2) is 54.1 Å². The Labute approximate surface area is 134 Å². The lowest BCUT2D eigenvalue weighted by molar-refractivity contribution is -0.111. The summed E-state index contributed by atoms with van der Waals surface area (Å²) in [4.78, 5) is 17.4. The highest BCUT2D eigenvalue weighted by molar-refractivity contribution is 7.16. The largest absolute Gasteiger partial charge is 0.298 e. The van der Waals surface area contributed by atoms with Crippen LogP contribution in [0, 0.1) is 5.82 Å². The van der Waals surface area contributed by atoms with E-state index in [-0.39, 0.29) is 11.7 Å². The number of thiophene rings is 1. The number of nitrogens with zero attached hydrogens (tertiary/aromatic N) is 1. The summed E-state index contributed by atoms with van der Waals surface area (Å²) in [6, 6.07) is 10.3. The number of carbonyl (C=O) groups excluding carboxylic acids is 1. The maximum Gasteiger partial charge on any atom is 0.250 e. The Bertz CT molecular complexity index is 809. The molecule has 0 aliphatic carbocycles. The van der Waals surface area contributed by atoms with Crippen LogP contribution in [-0.2, 0) is 4.79 Å². The SMILES string of the molecule is O=C(/C=C/c1ccc(-c2ccccc2F)s1)Nc1nccs1. The number of rotatable bonds is 4. The van der Waals surface area contributed by atoms with E-state index >= 15 is 0 Å². The average molecular weight is 330 g/mol. The molecular formula is C16H11FN2OS2. The van der Waals surface area contributed by atoms with Crippen LogP contribution in [0.5, 0.6) is 0 Å². The van der Waals surface area contributed by atoms with Crippen LogP contribution >= 0.6 is 22.7 Å². The van der Waals surface area contributed by atoms with Crippen molar-refractivity contribution in [1.82, 2.24) is 4.98 Å². The van der Waals surface area contributed by atoms with Crippen molar-refractivity contribution < 1.29 is 9.18 Å². The fourth-order valence-electron chi connectivity index (χ4n) is 1.84. The smallest absolute Gasteiger partial charge is 0.250 e. The van der Waals surface area contributed by atoms with Crippen molar-refractivity contribution in [2.75, 3.05) is 5.32 Å². The predicted molar refractivity (Wildman–Crippen MR) is 89.5 cm³/mol. The molecule has 0 saturated heterocycles. The molecule has 0 aliphatic rings. The molecule has 0 spiro atoms. The first kappa shape index (κ1) is 14.6. The Kier molecular flexibility index (Phi) is 4.41. The van der Waals surface area contributed by atoms with Gasteiger partial charge in [-0.3, -0.25) is 10.1 Å². The van der Waals surface area contributed by atoms with Crippen molar-refractivity contribution in [2.24, 2.45) is 0 Å². The zero-order chi connectivity index (χ0) is 15.4. The number of carbonyl (C=O) groups is 1. The second-order valence-electron chi connectivity index (χ2n) is 4.34. The van der Waals surface area contributed by atoms with Crippen LogP contribution in [0.4, 0.5) is 9.52 Å². The fraction of sp³-hybridized carbons (Fsp3) is 0. The third-order valence-electron chi connectivity index (χ3n) is 2.83. The number of anilines is 1. The van der Waals surface area contributed by atoms with E-state index in [1.807, 2.05) is 12.1 Å². The highest BCUT2D eigenvalue weighted by atomic mass is 32.1. The van der Waals surface area contributed by atoms with Crippen LogP contribution in [0.2, 0.25) is 0 Å². The van der Waals surface area contributed by atoms with Gasteiger partial charge in [-0.05, 0) is 24.3 Å². The molecule has 0 unspecified atom stereocenters. The average Bonchev–Trinajstić information content (AvgIpc) is 3.17. The second kappa shape index (κ2) is 6.64. The number of halogens is 1. The minimum atomic E-state index is -0.249. The molecule has 0 saturated carbocycles. The Balaban J connectivity index is 1.70. The van der Waals surface area contributed by atoms with Gasteiger partial charge in [-0.15, -0.1) is 22.7 Å². The van der Waals surface area contributed by atoms with Crippen molar-refractivity contribution in [2.45, 2.75) is 0 Å². The fourth-order valence-corrected chi connectivity index (χ4v) is 3.31. The Morgan fingerprint density at radius 3 is 2.86 bits per heavy atom. The maximum atomic E-state index is 13.7. The Hall–Kier alpha value is -2.31. The third-order valence-corrected chi connectivity index (χ3v) is 4.60. The molecule has 110 valence electrons. The Morgan fingerprint density at radius 1 is 1.23 bits per heavy atom. The van der Waals surface area contributed by atoms with E-state index in [0.29, 0.717) is 10.7 Å². The molecule has 1 amide bonds. The van der Waals surface area contributed by atoms with Gasteiger partial charge in [0, 0.05) is 33.0 Å². The lowest BCUT2D eigenvalue weighted by Crippen LogP contribution is -2.06. The number of thiazole rings is 1. The quantitative estimate of drug-likeness (QED) is 0.707. The number of hydrogen-bond donors (Lipinski definition) is 1. The monoisotopic (exact) mass is 330 g/mol. The van der Waals surface area contributed by atoms with Gasteiger partial charge in [0.05, 0.1) is 0 Å². The van der Waals surface area contributed by atoms with E-state index in [1.54, 1.807) is 35.9 Å². The van der Waals surface area contributed by atoms with E-state index < -0.39 is 0 Å². The summed E-state index contributed by atoms with van der Waals surface area (Å²) in [5, 5.41) is 5.02. The number of nitrogens with one attached hydrogen (secondary N) is 1. The van der Waals surface area contributed by atoms with Crippen LogP contribution in [0.3, 0.4) is 0 Å². The van der Waals surface area contributed by atoms with Gasteiger partial charge in [0.15, 0.2) is 5.13 Å². The molecule has 2 heterocycles. The molecule has 22 heavy (non-hydrogen) atoms. The van der Waals surface area contributed by atoms with Crippen LogP contribution in [0.1, 0.15) is 4.88 Å². The van der Waals surface area contributed by atoms with Crippen molar-refractivity contribution in [3.8, 4) is 10.4 Å². The van der Waals surface area contributed by atoms with E-state index in [0.717, 1.165) is 9.75 Å². The lowest BCUT2D eigenvalue weighted by atomic mass is 10.2. The van der Waals surface area contributed by atoms with E-state index in [2.05, 4.69) is 10.3 Å².